The molecule has 7 heteroatoms. The lowest BCUT2D eigenvalue weighted by molar-refractivity contribution is -0.152. The van der Waals surface area contributed by atoms with Gasteiger partial charge in [0.05, 0.1) is 18.6 Å². The van der Waals surface area contributed by atoms with E-state index in [0.717, 1.165) is 76.1 Å². The van der Waals surface area contributed by atoms with Gasteiger partial charge < -0.3 is 24.6 Å². The lowest BCUT2D eigenvalue weighted by Crippen LogP contribution is -2.66. The molecule has 0 saturated heterocycles. The minimum Gasteiger partial charge on any atom is -0.493 e. The normalized spacial score (nSPS) is 40.0. The number of hydrogen-bond donors (Lipinski definition) is 2. The number of unbranched alkanes of at least 4 members (excludes halogenated alkanes) is 2. The van der Waals surface area contributed by atoms with Crippen LogP contribution in [0.15, 0.2) is 24.3 Å². The van der Waals surface area contributed by atoms with Crippen molar-refractivity contribution < 1.29 is 24.5 Å². The molecule has 2 heterocycles. The summed E-state index contributed by atoms with van der Waals surface area (Å²) in [4.78, 5) is 17.1. The van der Waals surface area contributed by atoms with Crippen LogP contribution in [-0.2, 0) is 12.0 Å². The van der Waals surface area contributed by atoms with E-state index >= 15 is 0 Å². The van der Waals surface area contributed by atoms with E-state index in [1.165, 1.54) is 30.4 Å². The molecule has 2 unspecified atom stereocenters. The van der Waals surface area contributed by atoms with Crippen LogP contribution < -0.4 is 9.47 Å². The lowest BCUT2D eigenvalue weighted by atomic mass is 9.42. The summed E-state index contributed by atoms with van der Waals surface area (Å²) >= 11 is 0. The summed E-state index contributed by atoms with van der Waals surface area (Å²) in [5.41, 5.74) is 2.81. The number of ether oxygens (including phenoxy) is 2. The molecule has 2 N–H and O–H groups in total. The molecular weight excluding hydrogens is 516 g/mol. The molecule has 5 aliphatic carbocycles. The van der Waals surface area contributed by atoms with Gasteiger partial charge in [0.1, 0.15) is 6.10 Å². The van der Waals surface area contributed by atoms with E-state index in [1.54, 1.807) is 7.11 Å². The van der Waals surface area contributed by atoms with Crippen LogP contribution >= 0.6 is 0 Å². The van der Waals surface area contributed by atoms with Crippen molar-refractivity contribution in [1.82, 2.24) is 9.80 Å². The highest BCUT2D eigenvalue weighted by molar-refractivity contribution is 5.66. The molecule has 0 radical (unpaired) electrons. The molecule has 0 aromatic heterocycles. The van der Waals surface area contributed by atoms with Crippen molar-refractivity contribution >= 4 is 6.09 Å². The number of amides is 1. The van der Waals surface area contributed by atoms with Crippen LogP contribution in [0, 0.1) is 16.7 Å². The molecule has 41 heavy (non-hydrogen) atoms. The van der Waals surface area contributed by atoms with Gasteiger partial charge in [0.2, 0.25) is 0 Å². The predicted molar refractivity (Wildman–Crippen MR) is 157 cm³/mol. The summed E-state index contributed by atoms with van der Waals surface area (Å²) in [6.45, 7) is 8.36. The van der Waals surface area contributed by atoms with E-state index < -0.39 is 12.2 Å². The molecule has 4 bridgehead atoms. The zero-order chi connectivity index (χ0) is 28.6. The Morgan fingerprint density at radius 3 is 2.61 bits per heavy atom. The Morgan fingerprint density at radius 2 is 1.90 bits per heavy atom. The quantitative estimate of drug-likeness (QED) is 0.292. The Morgan fingerprint density at radius 1 is 1.12 bits per heavy atom. The summed E-state index contributed by atoms with van der Waals surface area (Å²) in [5.74, 6) is 2.33. The first-order valence-corrected chi connectivity index (χ1v) is 16.0. The van der Waals surface area contributed by atoms with Crippen molar-refractivity contribution in [3.63, 3.8) is 0 Å². The average molecular weight is 565 g/mol. The molecular formula is C34H48N2O5. The van der Waals surface area contributed by atoms with Gasteiger partial charge in [-0.05, 0) is 99.3 Å². The van der Waals surface area contributed by atoms with Gasteiger partial charge in [-0.15, -0.1) is 0 Å². The summed E-state index contributed by atoms with van der Waals surface area (Å²) in [5, 5.41) is 20.7. The molecule has 7 atom stereocenters. The van der Waals surface area contributed by atoms with Crippen LogP contribution in [-0.4, -0.2) is 70.6 Å². The number of aliphatic hydroxyl groups excluding tert-OH is 1. The Labute approximate surface area is 244 Å². The molecule has 1 aromatic carbocycles. The third-order valence-corrected chi connectivity index (χ3v) is 11.8. The summed E-state index contributed by atoms with van der Waals surface area (Å²) in [7, 11) is 1.69. The highest BCUT2D eigenvalue weighted by Gasteiger charge is 2.62. The fourth-order valence-electron chi connectivity index (χ4n) is 11.2. The van der Waals surface area contributed by atoms with Crippen LogP contribution in [0.25, 0.3) is 0 Å². The number of carbonyl (C=O) groups is 1. The molecule has 1 amide bonds. The minimum atomic E-state index is -0.711. The van der Waals surface area contributed by atoms with Gasteiger partial charge in [0.25, 0.3) is 0 Å². The molecule has 7 nitrogen and oxygen atoms in total. The average Bonchev–Trinajstić information content (AvgIpc) is 3.12. The van der Waals surface area contributed by atoms with Crippen LogP contribution in [0.3, 0.4) is 0 Å². The van der Waals surface area contributed by atoms with Gasteiger partial charge in [0, 0.05) is 30.6 Å². The van der Waals surface area contributed by atoms with Crippen molar-refractivity contribution in [2.45, 2.75) is 114 Å². The molecule has 1 aromatic rings. The molecule has 7 aliphatic rings. The van der Waals surface area contributed by atoms with Gasteiger partial charge >= 0.3 is 6.09 Å². The van der Waals surface area contributed by atoms with Crippen LogP contribution in [0.2, 0.25) is 0 Å². The minimum absolute atomic E-state index is 0.0661. The Bertz CT molecular complexity index is 1230. The number of aliphatic hydroxyl groups is 1. The van der Waals surface area contributed by atoms with Gasteiger partial charge in [-0.25, -0.2) is 4.79 Å². The Hall–Kier alpha value is -2.25. The van der Waals surface area contributed by atoms with Crippen molar-refractivity contribution in [1.29, 1.82) is 0 Å². The summed E-state index contributed by atoms with van der Waals surface area (Å²) in [6.07, 6.45) is 14.5. The maximum Gasteiger partial charge on any atom is 0.407 e. The first-order chi connectivity index (χ1) is 19.6. The first-order valence-electron chi connectivity index (χ1n) is 16.0. The molecule has 4 fully saturated rings. The topological polar surface area (TPSA) is 82.5 Å². The number of methoxy groups -OCH3 is 1. The smallest absolute Gasteiger partial charge is 0.407 e. The summed E-state index contributed by atoms with van der Waals surface area (Å²) < 4.78 is 12.1. The molecule has 1 spiro atoms. The monoisotopic (exact) mass is 564 g/mol. The third-order valence-electron chi connectivity index (χ3n) is 11.8. The molecule has 4 saturated carbocycles. The van der Waals surface area contributed by atoms with E-state index in [-0.39, 0.29) is 17.1 Å². The largest absolute Gasteiger partial charge is 0.493 e. The van der Waals surface area contributed by atoms with E-state index in [1.807, 2.05) is 17.0 Å². The number of carboxylic acid groups (broad SMARTS) is 1. The lowest BCUT2D eigenvalue weighted by Gasteiger charge is -2.67. The third kappa shape index (κ3) is 4.48. The number of benzene rings is 1. The second-order valence-corrected chi connectivity index (χ2v) is 15.3. The number of nitrogens with zero attached hydrogens (tertiary/aromatic N) is 2. The predicted octanol–water partition coefficient (Wildman–Crippen LogP) is 6.12. The van der Waals surface area contributed by atoms with E-state index in [0.29, 0.717) is 29.7 Å². The second kappa shape index (κ2) is 9.63. The number of hydrogen-bond acceptors (Lipinski definition) is 5. The highest BCUT2D eigenvalue weighted by Crippen LogP contribution is 2.67. The van der Waals surface area contributed by atoms with Gasteiger partial charge in [-0.1, -0.05) is 38.5 Å². The standard InChI is InChI=1S/C34H48N2O5/c1-31-16-23-17-32(2,20-31)22-33(18-23,21-31)36(30(38)39)13-6-4-5-12-35-14-11-34-10-9-25(37)15-27(34)41-29-26(40-3)8-7-24(19-35)28(29)34/h7-10,23,25,27,37H,4-6,11-22H2,1-3H3,(H,38,39)/t23?,25-,27-,31-,32+,33?,34-/m0/s1. The fourth-order valence-corrected chi connectivity index (χ4v) is 11.2. The van der Waals surface area contributed by atoms with E-state index in [4.69, 9.17) is 9.47 Å². The Kier molecular flexibility index (Phi) is 6.48. The van der Waals surface area contributed by atoms with Crippen molar-refractivity contribution in [3.05, 3.63) is 35.4 Å². The van der Waals surface area contributed by atoms with Crippen molar-refractivity contribution in [2.24, 2.45) is 16.7 Å². The van der Waals surface area contributed by atoms with Gasteiger partial charge in [-0.2, -0.15) is 0 Å². The maximum atomic E-state index is 12.6. The van der Waals surface area contributed by atoms with Gasteiger partial charge in [-0.3, -0.25) is 4.90 Å². The zero-order valence-electron chi connectivity index (χ0n) is 25.2. The first kappa shape index (κ1) is 27.6. The zero-order valence-corrected chi connectivity index (χ0v) is 25.2. The maximum absolute atomic E-state index is 12.6. The molecule has 2 aliphatic heterocycles. The SMILES string of the molecule is COc1ccc2c3c1O[C@H]1C[C@@H](O)C=C[C@@]31CCN(CCCCCN(C(=O)O)C13CC4C[C@@](C)(C1)C[C@](C)(C4)C3)C2. The van der Waals surface area contributed by atoms with E-state index in [9.17, 15) is 15.0 Å². The fraction of sp³-hybridized carbons (Fsp3) is 0.735. The summed E-state index contributed by atoms with van der Waals surface area (Å²) in [6, 6.07) is 4.22. The Balaban J connectivity index is 0.996. The van der Waals surface area contributed by atoms with Crippen LogP contribution in [0.4, 0.5) is 4.79 Å². The van der Waals surface area contributed by atoms with Crippen molar-refractivity contribution in [3.8, 4) is 11.5 Å². The van der Waals surface area contributed by atoms with Crippen molar-refractivity contribution in [2.75, 3.05) is 26.7 Å². The highest BCUT2D eigenvalue weighted by atomic mass is 16.5. The number of rotatable bonds is 8. The van der Waals surface area contributed by atoms with Gasteiger partial charge in [0.15, 0.2) is 11.5 Å². The van der Waals surface area contributed by atoms with Crippen LogP contribution in [0.1, 0.15) is 95.6 Å². The van der Waals surface area contributed by atoms with Crippen LogP contribution in [0.5, 0.6) is 11.5 Å². The second-order valence-electron chi connectivity index (χ2n) is 15.3. The van der Waals surface area contributed by atoms with E-state index in [2.05, 4.69) is 30.9 Å². The molecule has 224 valence electrons. The molecule has 8 rings (SSSR count).